The molecule has 2 aliphatic heterocycles. The molecule has 0 saturated carbocycles. The Morgan fingerprint density at radius 3 is 2.68 bits per heavy atom. The molecule has 4 rings (SSSR count). The van der Waals surface area contributed by atoms with Crippen molar-refractivity contribution in [2.75, 3.05) is 31.1 Å². The van der Waals surface area contributed by atoms with Crippen LogP contribution in [-0.2, 0) is 4.79 Å². The van der Waals surface area contributed by atoms with E-state index < -0.39 is 0 Å². The lowest BCUT2D eigenvalue weighted by molar-refractivity contribution is -0.138. The first-order valence-electron chi connectivity index (χ1n) is 9.12. The van der Waals surface area contributed by atoms with Crippen LogP contribution in [-0.4, -0.2) is 47.0 Å². The highest BCUT2D eigenvalue weighted by Crippen LogP contribution is 2.28. The molecule has 2 aromatic rings. The number of rotatable bonds is 3. The predicted molar refractivity (Wildman–Crippen MR) is 98.1 cm³/mol. The van der Waals surface area contributed by atoms with Crippen molar-refractivity contribution in [3.63, 3.8) is 0 Å². The third-order valence-corrected chi connectivity index (χ3v) is 5.25. The fourth-order valence-electron chi connectivity index (χ4n) is 3.76. The van der Waals surface area contributed by atoms with Crippen LogP contribution in [0, 0.1) is 11.8 Å². The van der Waals surface area contributed by atoms with Gasteiger partial charge in [-0.3, -0.25) is 4.79 Å². The number of amides is 1. The highest BCUT2D eigenvalue weighted by molar-refractivity contribution is 5.82. The summed E-state index contributed by atoms with van der Waals surface area (Å²) in [7, 11) is 0. The molecule has 130 valence electrons. The van der Waals surface area contributed by atoms with E-state index in [1.54, 1.807) is 6.33 Å². The van der Waals surface area contributed by atoms with Crippen LogP contribution in [0.5, 0.6) is 0 Å². The molecule has 5 heteroatoms. The van der Waals surface area contributed by atoms with Gasteiger partial charge in [-0.1, -0.05) is 37.3 Å². The molecule has 0 bridgehead atoms. The second-order valence-electron chi connectivity index (χ2n) is 7.26. The predicted octanol–water partition coefficient (Wildman–Crippen LogP) is 2.84. The number of piperidine rings is 1. The summed E-state index contributed by atoms with van der Waals surface area (Å²) in [6.07, 6.45) is 3.98. The first-order valence-corrected chi connectivity index (χ1v) is 9.12. The average molecular weight is 336 g/mol. The molecule has 1 aromatic heterocycles. The van der Waals surface area contributed by atoms with Crippen molar-refractivity contribution in [1.82, 2.24) is 14.9 Å². The minimum absolute atomic E-state index is 0.112. The number of aromatic nitrogens is 2. The molecule has 2 fully saturated rings. The van der Waals surface area contributed by atoms with E-state index >= 15 is 0 Å². The van der Waals surface area contributed by atoms with Gasteiger partial charge in [-0.2, -0.15) is 0 Å². The van der Waals surface area contributed by atoms with Gasteiger partial charge in [-0.05, 0) is 18.8 Å². The van der Waals surface area contributed by atoms with Crippen molar-refractivity contribution < 1.29 is 4.79 Å². The molecule has 0 radical (unpaired) electrons. The Labute approximate surface area is 148 Å². The quantitative estimate of drug-likeness (QED) is 0.865. The van der Waals surface area contributed by atoms with Crippen LogP contribution in [0.2, 0.25) is 0 Å². The summed E-state index contributed by atoms with van der Waals surface area (Å²) in [6.45, 7) is 5.59. The van der Waals surface area contributed by atoms with Gasteiger partial charge in [0.05, 0.1) is 11.6 Å². The summed E-state index contributed by atoms with van der Waals surface area (Å²) in [5, 5.41) is 0. The van der Waals surface area contributed by atoms with E-state index in [4.69, 9.17) is 0 Å². The van der Waals surface area contributed by atoms with E-state index in [-0.39, 0.29) is 5.92 Å². The monoisotopic (exact) mass is 336 g/mol. The number of carbonyl (C=O) groups is 1. The zero-order valence-electron chi connectivity index (χ0n) is 14.6. The van der Waals surface area contributed by atoms with Crippen LogP contribution in [0.15, 0.2) is 42.7 Å². The zero-order valence-corrected chi connectivity index (χ0v) is 14.6. The molecule has 1 aromatic carbocycles. The minimum Gasteiger partial charge on any atom is -0.355 e. The van der Waals surface area contributed by atoms with Crippen LogP contribution in [0.25, 0.3) is 11.3 Å². The maximum Gasteiger partial charge on any atom is 0.229 e. The zero-order chi connectivity index (χ0) is 17.2. The number of hydrogen-bond acceptors (Lipinski definition) is 4. The molecule has 5 nitrogen and oxygen atoms in total. The molecular weight excluding hydrogens is 312 g/mol. The summed E-state index contributed by atoms with van der Waals surface area (Å²) in [4.78, 5) is 25.7. The molecule has 1 atom stereocenters. The smallest absolute Gasteiger partial charge is 0.229 e. The molecule has 1 unspecified atom stereocenters. The fraction of sp³-hybridized carbons (Fsp3) is 0.450. The molecule has 0 N–H and O–H groups in total. The summed E-state index contributed by atoms with van der Waals surface area (Å²) < 4.78 is 0. The van der Waals surface area contributed by atoms with Crippen molar-refractivity contribution in [3.05, 3.63) is 42.7 Å². The normalized spacial score (nSPS) is 21.1. The van der Waals surface area contributed by atoms with Crippen LogP contribution in [0.4, 0.5) is 5.82 Å². The lowest BCUT2D eigenvalue weighted by Crippen LogP contribution is -2.56. The minimum atomic E-state index is 0.112. The van der Waals surface area contributed by atoms with Crippen molar-refractivity contribution in [2.45, 2.75) is 19.8 Å². The Morgan fingerprint density at radius 2 is 1.92 bits per heavy atom. The fourth-order valence-corrected chi connectivity index (χ4v) is 3.76. The van der Waals surface area contributed by atoms with Crippen molar-refractivity contribution in [2.24, 2.45) is 11.8 Å². The third-order valence-electron chi connectivity index (χ3n) is 5.25. The van der Waals surface area contributed by atoms with Crippen LogP contribution in [0.1, 0.15) is 19.8 Å². The average Bonchev–Trinajstić information content (AvgIpc) is 2.61. The maximum atomic E-state index is 12.7. The maximum absolute atomic E-state index is 12.7. The second-order valence-corrected chi connectivity index (χ2v) is 7.26. The van der Waals surface area contributed by atoms with Gasteiger partial charge in [0, 0.05) is 37.8 Å². The lowest BCUT2D eigenvalue weighted by atomic mass is 9.94. The molecule has 1 amide bonds. The standard InChI is InChI=1S/C20H24N4O/c1-15-6-5-9-23(11-15)20(25)17-12-24(13-17)19-10-18(21-14-22-19)16-7-3-2-4-8-16/h2-4,7-8,10,14-15,17H,5-6,9,11-13H2,1H3. The van der Waals surface area contributed by atoms with Gasteiger partial charge in [0.15, 0.2) is 0 Å². The summed E-state index contributed by atoms with van der Waals surface area (Å²) in [5.74, 6) is 1.97. The van der Waals surface area contributed by atoms with E-state index in [0.29, 0.717) is 11.8 Å². The highest BCUT2D eigenvalue weighted by Gasteiger charge is 2.37. The Kier molecular flexibility index (Phi) is 4.38. The van der Waals surface area contributed by atoms with Gasteiger partial charge < -0.3 is 9.80 Å². The van der Waals surface area contributed by atoms with Gasteiger partial charge in [-0.15, -0.1) is 0 Å². The summed E-state index contributed by atoms with van der Waals surface area (Å²) in [5.41, 5.74) is 2.01. The first kappa shape index (κ1) is 16.1. The highest BCUT2D eigenvalue weighted by atomic mass is 16.2. The third kappa shape index (κ3) is 3.36. The Hall–Kier alpha value is -2.43. The molecule has 0 aliphatic carbocycles. The van der Waals surface area contributed by atoms with Gasteiger partial charge in [0.1, 0.15) is 12.1 Å². The van der Waals surface area contributed by atoms with Gasteiger partial charge >= 0.3 is 0 Å². The largest absolute Gasteiger partial charge is 0.355 e. The van der Waals surface area contributed by atoms with Gasteiger partial charge in [0.25, 0.3) is 0 Å². The van der Waals surface area contributed by atoms with E-state index in [1.807, 2.05) is 36.4 Å². The van der Waals surface area contributed by atoms with Crippen LogP contribution >= 0.6 is 0 Å². The topological polar surface area (TPSA) is 49.3 Å². The molecular formula is C20H24N4O. The number of anilines is 1. The molecule has 25 heavy (non-hydrogen) atoms. The van der Waals surface area contributed by atoms with E-state index in [2.05, 4.69) is 26.7 Å². The van der Waals surface area contributed by atoms with Gasteiger partial charge in [0.2, 0.25) is 5.91 Å². The Bertz CT molecular complexity index is 742. The molecule has 3 heterocycles. The van der Waals surface area contributed by atoms with E-state index in [1.165, 1.54) is 6.42 Å². The van der Waals surface area contributed by atoms with Crippen molar-refractivity contribution in [1.29, 1.82) is 0 Å². The first-order chi connectivity index (χ1) is 12.2. The lowest BCUT2D eigenvalue weighted by Gasteiger charge is -2.42. The summed E-state index contributed by atoms with van der Waals surface area (Å²) >= 11 is 0. The number of benzene rings is 1. The van der Waals surface area contributed by atoms with Gasteiger partial charge in [-0.25, -0.2) is 9.97 Å². The number of nitrogens with zero attached hydrogens (tertiary/aromatic N) is 4. The number of likely N-dealkylation sites (tertiary alicyclic amines) is 1. The molecule has 0 spiro atoms. The Morgan fingerprint density at radius 1 is 1.12 bits per heavy atom. The SMILES string of the molecule is CC1CCCN(C(=O)C2CN(c3cc(-c4ccccc4)ncn3)C2)C1. The van der Waals surface area contributed by atoms with Crippen LogP contribution < -0.4 is 4.90 Å². The Balaban J connectivity index is 1.40. The molecule has 2 saturated heterocycles. The van der Waals surface area contributed by atoms with Crippen molar-refractivity contribution >= 4 is 11.7 Å². The molecule has 2 aliphatic rings. The van der Waals surface area contributed by atoms with E-state index in [0.717, 1.165) is 49.7 Å². The van der Waals surface area contributed by atoms with Crippen molar-refractivity contribution in [3.8, 4) is 11.3 Å². The number of hydrogen-bond donors (Lipinski definition) is 0. The van der Waals surface area contributed by atoms with Crippen LogP contribution in [0.3, 0.4) is 0 Å². The van der Waals surface area contributed by atoms with E-state index in [9.17, 15) is 4.79 Å². The summed E-state index contributed by atoms with van der Waals surface area (Å²) in [6, 6.07) is 12.1. The second kappa shape index (κ2) is 6.82. The number of carbonyl (C=O) groups excluding carboxylic acids is 1.